The summed E-state index contributed by atoms with van der Waals surface area (Å²) in [5, 5.41) is 0. The summed E-state index contributed by atoms with van der Waals surface area (Å²) in [6.07, 6.45) is 0.196. The standard InChI is InChI=1S/C13H16N2O3/c1-8-4-9(2)14-11(5-8)15-7-10(6-12(15)16)13(17)18-3/h4-5,10H,6-7H2,1-3H3. The van der Waals surface area contributed by atoms with Crippen LogP contribution in [0.25, 0.3) is 0 Å². The van der Waals surface area contributed by atoms with E-state index >= 15 is 0 Å². The van der Waals surface area contributed by atoms with Crippen LogP contribution in [0.1, 0.15) is 17.7 Å². The van der Waals surface area contributed by atoms with Gasteiger partial charge in [-0.25, -0.2) is 4.98 Å². The summed E-state index contributed by atoms with van der Waals surface area (Å²) >= 11 is 0. The van der Waals surface area contributed by atoms with Crippen LogP contribution < -0.4 is 4.90 Å². The summed E-state index contributed by atoms with van der Waals surface area (Å²) in [4.78, 5) is 29.3. The van der Waals surface area contributed by atoms with Gasteiger partial charge in [-0.2, -0.15) is 0 Å². The number of carbonyl (C=O) groups is 2. The van der Waals surface area contributed by atoms with Crippen molar-refractivity contribution in [3.8, 4) is 0 Å². The zero-order valence-corrected chi connectivity index (χ0v) is 10.8. The lowest BCUT2D eigenvalue weighted by Crippen LogP contribution is -2.27. The number of ether oxygens (including phenoxy) is 1. The molecule has 5 heteroatoms. The first-order chi connectivity index (χ1) is 8.51. The summed E-state index contributed by atoms with van der Waals surface area (Å²) in [5.41, 5.74) is 1.91. The zero-order chi connectivity index (χ0) is 13.3. The molecular formula is C13H16N2O3. The summed E-state index contributed by atoms with van der Waals surface area (Å²) in [7, 11) is 1.34. The average molecular weight is 248 g/mol. The molecule has 96 valence electrons. The highest BCUT2D eigenvalue weighted by Crippen LogP contribution is 2.25. The maximum absolute atomic E-state index is 11.9. The van der Waals surface area contributed by atoms with E-state index in [9.17, 15) is 9.59 Å². The predicted octanol–water partition coefficient (Wildman–Crippen LogP) is 1.22. The van der Waals surface area contributed by atoms with Crippen LogP contribution in [-0.4, -0.2) is 30.5 Å². The van der Waals surface area contributed by atoms with Crippen LogP contribution in [0.4, 0.5) is 5.82 Å². The Balaban J connectivity index is 2.24. The van der Waals surface area contributed by atoms with Crippen LogP contribution in [-0.2, 0) is 14.3 Å². The van der Waals surface area contributed by atoms with Crippen molar-refractivity contribution >= 4 is 17.7 Å². The number of rotatable bonds is 2. The first kappa shape index (κ1) is 12.5. The fourth-order valence-corrected chi connectivity index (χ4v) is 2.21. The van der Waals surface area contributed by atoms with E-state index in [2.05, 4.69) is 9.72 Å². The molecule has 1 aliphatic heterocycles. The maximum Gasteiger partial charge on any atom is 0.311 e. The van der Waals surface area contributed by atoms with Crippen molar-refractivity contribution in [2.24, 2.45) is 5.92 Å². The number of hydrogen-bond donors (Lipinski definition) is 0. The molecule has 0 saturated carbocycles. The van der Waals surface area contributed by atoms with Gasteiger partial charge in [0.1, 0.15) is 5.82 Å². The summed E-state index contributed by atoms with van der Waals surface area (Å²) in [6.45, 7) is 4.19. The number of nitrogens with zero attached hydrogens (tertiary/aromatic N) is 2. The predicted molar refractivity (Wildman–Crippen MR) is 66.2 cm³/mol. The van der Waals surface area contributed by atoms with E-state index in [0.717, 1.165) is 11.3 Å². The highest BCUT2D eigenvalue weighted by molar-refractivity contribution is 5.98. The number of carbonyl (C=O) groups excluding carboxylic acids is 2. The molecule has 1 aromatic rings. The van der Waals surface area contributed by atoms with Gasteiger partial charge in [-0.05, 0) is 31.5 Å². The van der Waals surface area contributed by atoms with E-state index < -0.39 is 0 Å². The SMILES string of the molecule is COC(=O)C1CC(=O)N(c2cc(C)cc(C)n2)C1. The van der Waals surface area contributed by atoms with Gasteiger partial charge >= 0.3 is 5.97 Å². The molecule has 1 aliphatic rings. The molecule has 0 radical (unpaired) electrons. The third-order valence-electron chi connectivity index (χ3n) is 3.02. The first-order valence-corrected chi connectivity index (χ1v) is 5.84. The molecule has 0 aliphatic carbocycles. The van der Waals surface area contributed by atoms with Gasteiger partial charge in [0, 0.05) is 18.7 Å². The molecule has 1 fully saturated rings. The number of aryl methyl sites for hydroxylation is 2. The van der Waals surface area contributed by atoms with Gasteiger partial charge in [0.2, 0.25) is 5.91 Å². The van der Waals surface area contributed by atoms with Crippen molar-refractivity contribution < 1.29 is 14.3 Å². The number of methoxy groups -OCH3 is 1. The van der Waals surface area contributed by atoms with Crippen LogP contribution in [0.3, 0.4) is 0 Å². The molecule has 2 rings (SSSR count). The molecule has 1 atom stereocenters. The molecular weight excluding hydrogens is 232 g/mol. The van der Waals surface area contributed by atoms with E-state index in [1.165, 1.54) is 7.11 Å². The Kier molecular flexibility index (Phi) is 3.32. The van der Waals surface area contributed by atoms with E-state index in [4.69, 9.17) is 0 Å². The Morgan fingerprint density at radius 2 is 2.17 bits per heavy atom. The quantitative estimate of drug-likeness (QED) is 0.738. The van der Waals surface area contributed by atoms with Gasteiger partial charge in [-0.3, -0.25) is 14.5 Å². The van der Waals surface area contributed by atoms with Gasteiger partial charge in [-0.1, -0.05) is 0 Å². The topological polar surface area (TPSA) is 59.5 Å². The lowest BCUT2D eigenvalue weighted by atomic mass is 10.1. The Hall–Kier alpha value is -1.91. The van der Waals surface area contributed by atoms with E-state index in [-0.39, 0.29) is 24.2 Å². The van der Waals surface area contributed by atoms with Crippen LogP contribution in [0.15, 0.2) is 12.1 Å². The van der Waals surface area contributed by atoms with Gasteiger partial charge < -0.3 is 4.74 Å². The highest BCUT2D eigenvalue weighted by Gasteiger charge is 2.36. The van der Waals surface area contributed by atoms with Gasteiger partial charge in [0.15, 0.2) is 0 Å². The number of esters is 1. The number of amides is 1. The maximum atomic E-state index is 11.9. The minimum atomic E-state index is -0.384. The largest absolute Gasteiger partial charge is 0.469 e. The van der Waals surface area contributed by atoms with Crippen molar-refractivity contribution in [3.63, 3.8) is 0 Å². The van der Waals surface area contributed by atoms with Crippen LogP contribution >= 0.6 is 0 Å². The molecule has 18 heavy (non-hydrogen) atoms. The van der Waals surface area contributed by atoms with Crippen LogP contribution in [0.2, 0.25) is 0 Å². The van der Waals surface area contributed by atoms with Crippen LogP contribution in [0, 0.1) is 19.8 Å². The van der Waals surface area contributed by atoms with Gasteiger partial charge in [0.25, 0.3) is 0 Å². The molecule has 0 aromatic carbocycles. The van der Waals surface area contributed by atoms with Crippen molar-refractivity contribution in [2.45, 2.75) is 20.3 Å². The number of anilines is 1. The third kappa shape index (κ3) is 2.34. The fourth-order valence-electron chi connectivity index (χ4n) is 2.21. The summed E-state index contributed by atoms with van der Waals surface area (Å²) < 4.78 is 4.68. The number of pyridine rings is 1. The Bertz CT molecular complexity index is 479. The molecule has 0 N–H and O–H groups in total. The number of hydrogen-bond acceptors (Lipinski definition) is 4. The normalized spacial score (nSPS) is 19.2. The van der Waals surface area contributed by atoms with E-state index in [1.54, 1.807) is 4.90 Å². The second-order valence-corrected chi connectivity index (χ2v) is 4.57. The fraction of sp³-hybridized carbons (Fsp3) is 0.462. The Morgan fingerprint density at radius 1 is 1.44 bits per heavy atom. The van der Waals surface area contributed by atoms with Crippen molar-refractivity contribution in [3.05, 3.63) is 23.4 Å². The highest BCUT2D eigenvalue weighted by atomic mass is 16.5. The van der Waals surface area contributed by atoms with E-state index in [0.29, 0.717) is 12.4 Å². The van der Waals surface area contributed by atoms with E-state index in [1.807, 2.05) is 26.0 Å². The summed E-state index contributed by atoms with van der Waals surface area (Å²) in [5.74, 6) is -0.188. The minimum Gasteiger partial charge on any atom is -0.469 e. The molecule has 2 heterocycles. The van der Waals surface area contributed by atoms with Crippen molar-refractivity contribution in [1.29, 1.82) is 0 Å². The first-order valence-electron chi connectivity index (χ1n) is 5.84. The molecule has 1 unspecified atom stereocenters. The van der Waals surface area contributed by atoms with Gasteiger partial charge in [0.05, 0.1) is 13.0 Å². The Morgan fingerprint density at radius 3 is 2.78 bits per heavy atom. The molecule has 1 amide bonds. The minimum absolute atomic E-state index is 0.0806. The van der Waals surface area contributed by atoms with Crippen LogP contribution in [0.5, 0.6) is 0 Å². The molecule has 0 bridgehead atoms. The smallest absolute Gasteiger partial charge is 0.311 e. The second kappa shape index (κ2) is 4.76. The number of aromatic nitrogens is 1. The molecule has 1 aromatic heterocycles. The van der Waals surface area contributed by atoms with Crippen molar-refractivity contribution in [2.75, 3.05) is 18.6 Å². The molecule has 0 spiro atoms. The Labute approximate surface area is 106 Å². The second-order valence-electron chi connectivity index (χ2n) is 4.57. The third-order valence-corrected chi connectivity index (χ3v) is 3.02. The summed E-state index contributed by atoms with van der Waals surface area (Å²) in [6, 6.07) is 3.80. The lowest BCUT2D eigenvalue weighted by molar-refractivity contribution is -0.145. The average Bonchev–Trinajstić information content (AvgIpc) is 2.69. The zero-order valence-electron chi connectivity index (χ0n) is 10.8. The monoisotopic (exact) mass is 248 g/mol. The lowest BCUT2D eigenvalue weighted by Gasteiger charge is -2.16. The van der Waals surface area contributed by atoms with Crippen molar-refractivity contribution in [1.82, 2.24) is 4.98 Å². The molecule has 1 saturated heterocycles. The van der Waals surface area contributed by atoms with Gasteiger partial charge in [-0.15, -0.1) is 0 Å². The molecule has 5 nitrogen and oxygen atoms in total.